The molecule has 0 saturated carbocycles. The summed E-state index contributed by atoms with van der Waals surface area (Å²) in [6.45, 7) is 6.49. The lowest BCUT2D eigenvalue weighted by molar-refractivity contribution is 0.102. The largest absolute Gasteiger partial charge is 0.309 e. The monoisotopic (exact) mass is 422 g/mol. The number of hydrogen-bond acceptors (Lipinski definition) is 4. The Hall–Kier alpha value is -2.18. The molecule has 30 heavy (non-hydrogen) atoms. The Morgan fingerprint density at radius 1 is 1.20 bits per heavy atom. The predicted octanol–water partition coefficient (Wildman–Crippen LogP) is 4.96. The number of carbonyl (C=O) groups excluding carboxylic acids is 1. The van der Waals surface area contributed by atoms with E-state index < -0.39 is 0 Å². The maximum atomic E-state index is 13.2. The zero-order valence-electron chi connectivity index (χ0n) is 17.7. The van der Waals surface area contributed by atoms with Gasteiger partial charge in [-0.25, -0.2) is 4.98 Å². The van der Waals surface area contributed by atoms with Crippen molar-refractivity contribution in [2.45, 2.75) is 52.0 Å². The molecular weight excluding hydrogens is 392 g/mol. The van der Waals surface area contributed by atoms with Gasteiger partial charge in [0.1, 0.15) is 0 Å². The summed E-state index contributed by atoms with van der Waals surface area (Å²) in [5, 5.41) is 5.19. The molecular formula is C24H30N4OS. The molecule has 1 amide bonds. The standard InChI is InChI=1S/C24H30N4OS/c1-17-9-10-18-19(16-30-22(18)15-17)23(29)26-24-25-20-7-3-4-8-21(20)28(24)14-13-27-11-5-2-6-12-27/h3-4,7-8,16-17H,2,5-6,9-15H2,1H3,(H,25,26,29)/t17-/m0/s1. The number of piperidine rings is 1. The molecule has 0 unspecified atom stereocenters. The quantitative estimate of drug-likeness (QED) is 0.632. The Bertz CT molecular complexity index is 1050. The van der Waals surface area contributed by atoms with E-state index >= 15 is 0 Å². The molecule has 1 N–H and O–H groups in total. The van der Waals surface area contributed by atoms with Gasteiger partial charge in [0.05, 0.1) is 16.6 Å². The Morgan fingerprint density at radius 3 is 2.90 bits per heavy atom. The van der Waals surface area contributed by atoms with Crippen LogP contribution in [0.2, 0.25) is 0 Å². The second kappa shape index (κ2) is 8.52. The minimum absolute atomic E-state index is 0.0171. The molecule has 5 nitrogen and oxygen atoms in total. The lowest BCUT2D eigenvalue weighted by atomic mass is 9.88. The van der Waals surface area contributed by atoms with E-state index in [-0.39, 0.29) is 5.91 Å². The highest BCUT2D eigenvalue weighted by Crippen LogP contribution is 2.33. The van der Waals surface area contributed by atoms with Gasteiger partial charge in [0.15, 0.2) is 0 Å². The topological polar surface area (TPSA) is 50.2 Å². The number of anilines is 1. The smallest absolute Gasteiger partial charge is 0.259 e. The fourth-order valence-electron chi connectivity index (χ4n) is 4.86. The second-order valence-corrected chi connectivity index (χ2v) is 9.80. The SMILES string of the molecule is C[C@H]1CCc2c(C(=O)Nc3nc4ccccc4n3CCN3CCCCC3)csc2C1. The van der Waals surface area contributed by atoms with Crippen LogP contribution >= 0.6 is 11.3 Å². The third-order valence-electron chi connectivity index (χ3n) is 6.61. The van der Waals surface area contributed by atoms with Gasteiger partial charge in [0.25, 0.3) is 5.91 Å². The molecule has 1 saturated heterocycles. The average molecular weight is 423 g/mol. The van der Waals surface area contributed by atoms with Crippen LogP contribution in [0.4, 0.5) is 5.95 Å². The number of nitrogens with one attached hydrogen (secondary N) is 1. The van der Waals surface area contributed by atoms with Gasteiger partial charge in [-0.3, -0.25) is 10.1 Å². The van der Waals surface area contributed by atoms with E-state index in [1.807, 2.05) is 23.6 Å². The molecule has 0 bridgehead atoms. The van der Waals surface area contributed by atoms with E-state index in [0.717, 1.165) is 42.5 Å². The number of nitrogens with zero attached hydrogens (tertiary/aromatic N) is 3. The summed E-state index contributed by atoms with van der Waals surface area (Å²) < 4.78 is 2.18. The summed E-state index contributed by atoms with van der Waals surface area (Å²) in [6, 6.07) is 8.17. The summed E-state index contributed by atoms with van der Waals surface area (Å²) in [4.78, 5) is 21.9. The van der Waals surface area contributed by atoms with Gasteiger partial charge in [-0.2, -0.15) is 0 Å². The van der Waals surface area contributed by atoms with E-state index in [2.05, 4.69) is 27.8 Å². The summed E-state index contributed by atoms with van der Waals surface area (Å²) >= 11 is 1.74. The highest BCUT2D eigenvalue weighted by molar-refractivity contribution is 7.10. The van der Waals surface area contributed by atoms with Crippen LogP contribution in [0.1, 0.15) is 53.4 Å². The van der Waals surface area contributed by atoms with Crippen molar-refractivity contribution in [1.82, 2.24) is 14.5 Å². The summed E-state index contributed by atoms with van der Waals surface area (Å²) in [7, 11) is 0. The summed E-state index contributed by atoms with van der Waals surface area (Å²) in [5.41, 5.74) is 4.13. The minimum Gasteiger partial charge on any atom is -0.309 e. The fourth-order valence-corrected chi connectivity index (χ4v) is 6.10. The van der Waals surface area contributed by atoms with Gasteiger partial charge >= 0.3 is 0 Å². The molecule has 2 aromatic heterocycles. The number of rotatable bonds is 5. The van der Waals surface area contributed by atoms with Gasteiger partial charge in [0.2, 0.25) is 5.95 Å². The molecule has 6 heteroatoms. The second-order valence-electron chi connectivity index (χ2n) is 8.83. The van der Waals surface area contributed by atoms with Crippen LogP contribution < -0.4 is 5.32 Å². The van der Waals surface area contributed by atoms with Crippen LogP contribution in [0.3, 0.4) is 0 Å². The average Bonchev–Trinajstić information content (AvgIpc) is 3.33. The summed E-state index contributed by atoms with van der Waals surface area (Å²) in [6.07, 6.45) is 7.19. The van der Waals surface area contributed by atoms with E-state index in [0.29, 0.717) is 11.9 Å². The van der Waals surface area contributed by atoms with Crippen molar-refractivity contribution in [3.05, 3.63) is 45.6 Å². The molecule has 1 aliphatic heterocycles. The van der Waals surface area contributed by atoms with Crippen molar-refractivity contribution in [3.63, 3.8) is 0 Å². The Labute approximate surface area is 182 Å². The number of thiophene rings is 1. The van der Waals surface area contributed by atoms with Crippen LogP contribution in [0.25, 0.3) is 11.0 Å². The number of fused-ring (bicyclic) bond motifs is 2. The van der Waals surface area contributed by atoms with Crippen LogP contribution in [-0.4, -0.2) is 40.0 Å². The van der Waals surface area contributed by atoms with Crippen molar-refractivity contribution in [1.29, 1.82) is 0 Å². The number of hydrogen-bond donors (Lipinski definition) is 1. The molecule has 1 aromatic carbocycles. The van der Waals surface area contributed by atoms with Crippen LogP contribution in [0, 0.1) is 5.92 Å². The van der Waals surface area contributed by atoms with E-state index in [9.17, 15) is 4.79 Å². The van der Waals surface area contributed by atoms with Crippen molar-refractivity contribution >= 4 is 34.2 Å². The summed E-state index contributed by atoms with van der Waals surface area (Å²) in [5.74, 6) is 1.37. The zero-order chi connectivity index (χ0) is 20.5. The van der Waals surface area contributed by atoms with Crippen molar-refractivity contribution < 1.29 is 4.79 Å². The molecule has 1 aliphatic carbocycles. The lowest BCUT2D eigenvalue weighted by Gasteiger charge is -2.26. The third kappa shape index (κ3) is 3.91. The minimum atomic E-state index is -0.0171. The molecule has 0 spiro atoms. The highest BCUT2D eigenvalue weighted by Gasteiger charge is 2.24. The Morgan fingerprint density at radius 2 is 2.03 bits per heavy atom. The molecule has 1 fully saturated rings. The first-order chi connectivity index (χ1) is 14.7. The number of aromatic nitrogens is 2. The number of amides is 1. The van der Waals surface area contributed by atoms with Gasteiger partial charge in [-0.1, -0.05) is 25.5 Å². The normalized spacial score (nSPS) is 19.7. The molecule has 2 aliphatic rings. The van der Waals surface area contributed by atoms with E-state index in [1.54, 1.807) is 11.3 Å². The maximum absolute atomic E-state index is 13.2. The third-order valence-corrected chi connectivity index (χ3v) is 7.67. The molecule has 5 rings (SSSR count). The zero-order valence-corrected chi connectivity index (χ0v) is 18.5. The van der Waals surface area contributed by atoms with Gasteiger partial charge < -0.3 is 9.47 Å². The molecule has 0 radical (unpaired) electrons. The Balaban J connectivity index is 1.39. The Kier molecular flexibility index (Phi) is 5.61. The van der Waals surface area contributed by atoms with Crippen LogP contribution in [-0.2, 0) is 19.4 Å². The van der Waals surface area contributed by atoms with Gasteiger partial charge in [-0.15, -0.1) is 11.3 Å². The van der Waals surface area contributed by atoms with E-state index in [4.69, 9.17) is 4.98 Å². The van der Waals surface area contributed by atoms with Crippen molar-refractivity contribution in [2.75, 3.05) is 25.0 Å². The number of carbonyl (C=O) groups is 1. The molecule has 1 atom stereocenters. The fraction of sp³-hybridized carbons (Fsp3) is 0.500. The van der Waals surface area contributed by atoms with Gasteiger partial charge in [0, 0.05) is 23.3 Å². The first-order valence-electron chi connectivity index (χ1n) is 11.3. The van der Waals surface area contributed by atoms with E-state index in [1.165, 1.54) is 49.2 Å². The molecule has 3 aromatic rings. The number of para-hydroxylation sites is 2. The maximum Gasteiger partial charge on any atom is 0.259 e. The van der Waals surface area contributed by atoms with Crippen LogP contribution in [0.15, 0.2) is 29.6 Å². The van der Waals surface area contributed by atoms with Crippen molar-refractivity contribution in [2.24, 2.45) is 5.92 Å². The lowest BCUT2D eigenvalue weighted by Crippen LogP contribution is -2.32. The molecule has 3 heterocycles. The predicted molar refractivity (Wildman–Crippen MR) is 123 cm³/mol. The number of imidazole rings is 1. The molecule has 158 valence electrons. The van der Waals surface area contributed by atoms with Crippen molar-refractivity contribution in [3.8, 4) is 0 Å². The number of benzene rings is 1. The first-order valence-corrected chi connectivity index (χ1v) is 12.1. The highest BCUT2D eigenvalue weighted by atomic mass is 32.1. The number of likely N-dealkylation sites (tertiary alicyclic amines) is 1. The van der Waals surface area contributed by atoms with Crippen LogP contribution in [0.5, 0.6) is 0 Å². The van der Waals surface area contributed by atoms with Gasteiger partial charge in [-0.05, 0) is 68.8 Å². The first kappa shape index (κ1) is 19.8.